The Morgan fingerprint density at radius 1 is 1.08 bits per heavy atom. The van der Waals surface area contributed by atoms with E-state index in [1.165, 1.54) is 6.33 Å². The number of nitrogens with zero attached hydrogens (tertiary/aromatic N) is 4. The third-order valence-electron chi connectivity index (χ3n) is 3.69. The molecular formula is C18H19N7O. The number of para-hydroxylation sites is 1. The van der Waals surface area contributed by atoms with Crippen LogP contribution in [0, 0.1) is 0 Å². The Morgan fingerprint density at radius 2 is 1.85 bits per heavy atom. The first-order valence-electron chi connectivity index (χ1n) is 8.11. The van der Waals surface area contributed by atoms with Crippen LogP contribution in [0.5, 0.6) is 0 Å². The van der Waals surface area contributed by atoms with E-state index in [4.69, 9.17) is 5.73 Å². The van der Waals surface area contributed by atoms with Crippen LogP contribution < -0.4 is 21.5 Å². The molecule has 0 saturated carbocycles. The Balaban J connectivity index is 1.80. The number of pyridine rings is 1. The molecule has 0 unspecified atom stereocenters. The van der Waals surface area contributed by atoms with Gasteiger partial charge < -0.3 is 10.6 Å². The quantitative estimate of drug-likeness (QED) is 0.586. The van der Waals surface area contributed by atoms with Crippen LogP contribution in [0.1, 0.15) is 17.4 Å². The van der Waals surface area contributed by atoms with Crippen LogP contribution in [0.15, 0.2) is 61.1 Å². The van der Waals surface area contributed by atoms with Crippen LogP contribution in [0.25, 0.3) is 0 Å². The minimum absolute atomic E-state index is 0.285. The molecule has 1 amide bonds. The lowest BCUT2D eigenvalue weighted by Crippen LogP contribution is -2.31. The van der Waals surface area contributed by atoms with Crippen LogP contribution in [0.3, 0.4) is 0 Å². The molecule has 2 aromatic heterocycles. The minimum Gasteiger partial charge on any atom is -0.393 e. The van der Waals surface area contributed by atoms with Crippen LogP contribution in [-0.2, 0) is 0 Å². The maximum Gasteiger partial charge on any atom is 0.288 e. The lowest BCUT2D eigenvalue weighted by Gasteiger charge is -2.24. The lowest BCUT2D eigenvalue weighted by molar-refractivity contribution is 0.0957. The molecule has 0 bridgehead atoms. The van der Waals surface area contributed by atoms with E-state index in [0.29, 0.717) is 23.9 Å². The molecule has 132 valence electrons. The first-order chi connectivity index (χ1) is 12.7. The standard InChI is InChI=1S/C18H19N7O/c1-2-25(13-8-4-3-5-9-13)17-15(19)16(21-12-22-17)23-24-18(26)14-10-6-7-11-20-14/h3-12H,2,19H2,1H3,(H,24,26)(H,21,22,23). The highest BCUT2D eigenvalue weighted by Gasteiger charge is 2.16. The molecule has 8 nitrogen and oxygen atoms in total. The Hall–Kier alpha value is -3.68. The van der Waals surface area contributed by atoms with Crippen LogP contribution in [0.4, 0.5) is 23.0 Å². The van der Waals surface area contributed by atoms with Crippen molar-refractivity contribution < 1.29 is 4.79 Å². The highest BCUT2D eigenvalue weighted by molar-refractivity contribution is 5.93. The predicted octanol–water partition coefficient (Wildman–Crippen LogP) is 2.37. The van der Waals surface area contributed by atoms with Crippen molar-refractivity contribution in [3.63, 3.8) is 0 Å². The molecule has 0 aliphatic heterocycles. The molecule has 3 rings (SSSR count). The number of hydrogen-bond donors (Lipinski definition) is 3. The van der Waals surface area contributed by atoms with E-state index in [1.807, 2.05) is 42.2 Å². The summed E-state index contributed by atoms with van der Waals surface area (Å²) in [6.07, 6.45) is 2.94. The lowest BCUT2D eigenvalue weighted by atomic mass is 10.2. The summed E-state index contributed by atoms with van der Waals surface area (Å²) in [6.45, 7) is 2.68. The third-order valence-corrected chi connectivity index (χ3v) is 3.69. The summed E-state index contributed by atoms with van der Waals surface area (Å²) in [6, 6.07) is 14.9. The highest BCUT2D eigenvalue weighted by Crippen LogP contribution is 2.30. The Morgan fingerprint density at radius 3 is 2.54 bits per heavy atom. The van der Waals surface area contributed by atoms with Gasteiger partial charge in [-0.3, -0.25) is 20.6 Å². The molecule has 2 heterocycles. The van der Waals surface area contributed by atoms with Gasteiger partial charge in [-0.05, 0) is 31.2 Å². The second kappa shape index (κ2) is 7.93. The smallest absolute Gasteiger partial charge is 0.288 e. The summed E-state index contributed by atoms with van der Waals surface area (Å²) in [5.74, 6) is 0.484. The van der Waals surface area contributed by atoms with Crippen molar-refractivity contribution in [2.75, 3.05) is 22.6 Å². The highest BCUT2D eigenvalue weighted by atomic mass is 16.2. The second-order valence-corrected chi connectivity index (χ2v) is 5.33. The normalized spacial score (nSPS) is 10.2. The molecule has 0 spiro atoms. The number of nitrogens with two attached hydrogens (primary N) is 1. The molecule has 3 aromatic rings. The largest absolute Gasteiger partial charge is 0.393 e. The summed E-state index contributed by atoms with van der Waals surface area (Å²) in [5, 5.41) is 0. The zero-order chi connectivity index (χ0) is 18.4. The van der Waals surface area contributed by atoms with Crippen molar-refractivity contribution in [2.24, 2.45) is 0 Å². The fraction of sp³-hybridized carbons (Fsp3) is 0.111. The molecule has 0 saturated heterocycles. The number of hydrazine groups is 1. The van der Waals surface area contributed by atoms with Gasteiger partial charge >= 0.3 is 0 Å². The number of anilines is 4. The van der Waals surface area contributed by atoms with Crippen LogP contribution >= 0.6 is 0 Å². The van der Waals surface area contributed by atoms with Gasteiger partial charge in [0.1, 0.15) is 17.7 Å². The van der Waals surface area contributed by atoms with Gasteiger partial charge in [-0.15, -0.1) is 0 Å². The number of benzene rings is 1. The van der Waals surface area contributed by atoms with E-state index >= 15 is 0 Å². The van der Waals surface area contributed by atoms with E-state index in [-0.39, 0.29) is 11.6 Å². The van der Waals surface area contributed by atoms with Gasteiger partial charge in [-0.25, -0.2) is 9.97 Å². The topological polar surface area (TPSA) is 109 Å². The van der Waals surface area contributed by atoms with E-state index in [0.717, 1.165) is 5.69 Å². The predicted molar refractivity (Wildman–Crippen MR) is 101 cm³/mol. The van der Waals surface area contributed by atoms with Crippen molar-refractivity contribution in [3.8, 4) is 0 Å². The summed E-state index contributed by atoms with van der Waals surface area (Å²) in [4.78, 5) is 26.4. The first-order valence-corrected chi connectivity index (χ1v) is 8.11. The summed E-state index contributed by atoms with van der Waals surface area (Å²) in [5.41, 5.74) is 13.1. The van der Waals surface area contributed by atoms with Crippen molar-refractivity contribution >= 4 is 28.9 Å². The number of hydrogen-bond acceptors (Lipinski definition) is 7. The van der Waals surface area contributed by atoms with E-state index in [1.54, 1.807) is 24.4 Å². The number of carbonyl (C=O) groups excluding carboxylic acids is 1. The maximum atomic E-state index is 12.1. The van der Waals surface area contributed by atoms with Crippen molar-refractivity contribution in [1.29, 1.82) is 0 Å². The van der Waals surface area contributed by atoms with Gasteiger partial charge in [0.2, 0.25) is 0 Å². The van der Waals surface area contributed by atoms with E-state index in [2.05, 4.69) is 25.8 Å². The number of carbonyl (C=O) groups is 1. The Kier molecular flexibility index (Phi) is 5.23. The second-order valence-electron chi connectivity index (χ2n) is 5.33. The maximum absolute atomic E-state index is 12.1. The van der Waals surface area contributed by atoms with Crippen molar-refractivity contribution in [1.82, 2.24) is 20.4 Å². The number of nitrogen functional groups attached to an aromatic ring is 1. The number of amides is 1. The average Bonchev–Trinajstić information content (AvgIpc) is 2.70. The minimum atomic E-state index is -0.388. The fourth-order valence-corrected chi connectivity index (χ4v) is 2.44. The summed E-state index contributed by atoms with van der Waals surface area (Å²) >= 11 is 0. The zero-order valence-corrected chi connectivity index (χ0v) is 14.3. The molecule has 0 radical (unpaired) electrons. The number of aromatic nitrogens is 3. The van der Waals surface area contributed by atoms with E-state index in [9.17, 15) is 4.79 Å². The monoisotopic (exact) mass is 349 g/mol. The molecule has 26 heavy (non-hydrogen) atoms. The van der Waals surface area contributed by atoms with Gasteiger partial charge in [0.05, 0.1) is 0 Å². The van der Waals surface area contributed by atoms with Crippen LogP contribution in [0.2, 0.25) is 0 Å². The molecular weight excluding hydrogens is 330 g/mol. The van der Waals surface area contributed by atoms with Crippen molar-refractivity contribution in [3.05, 3.63) is 66.7 Å². The Bertz CT molecular complexity index is 871. The van der Waals surface area contributed by atoms with Gasteiger partial charge in [-0.1, -0.05) is 24.3 Å². The molecule has 8 heteroatoms. The zero-order valence-electron chi connectivity index (χ0n) is 14.3. The molecule has 4 N–H and O–H groups in total. The van der Waals surface area contributed by atoms with Gasteiger partial charge in [0.15, 0.2) is 11.6 Å². The molecule has 0 fully saturated rings. The van der Waals surface area contributed by atoms with E-state index < -0.39 is 0 Å². The van der Waals surface area contributed by atoms with Gasteiger partial charge in [-0.2, -0.15) is 0 Å². The number of nitrogens with one attached hydrogen (secondary N) is 2. The van der Waals surface area contributed by atoms with Gasteiger partial charge in [0.25, 0.3) is 5.91 Å². The fourth-order valence-electron chi connectivity index (χ4n) is 2.44. The summed E-state index contributed by atoms with van der Waals surface area (Å²) < 4.78 is 0. The number of rotatable bonds is 6. The molecule has 0 aliphatic carbocycles. The Labute approximate surface area is 151 Å². The molecule has 0 aliphatic rings. The SMILES string of the molecule is CCN(c1ccccc1)c1ncnc(NNC(=O)c2ccccn2)c1N. The third kappa shape index (κ3) is 3.69. The van der Waals surface area contributed by atoms with Crippen molar-refractivity contribution in [2.45, 2.75) is 6.92 Å². The average molecular weight is 349 g/mol. The van der Waals surface area contributed by atoms with Gasteiger partial charge in [0, 0.05) is 18.4 Å². The molecule has 1 aromatic carbocycles. The first kappa shape index (κ1) is 17.2. The molecule has 0 atom stereocenters. The summed E-state index contributed by atoms with van der Waals surface area (Å²) in [7, 11) is 0. The van der Waals surface area contributed by atoms with Crippen LogP contribution in [-0.4, -0.2) is 27.4 Å².